The Bertz CT molecular complexity index is 1250. The second-order valence-corrected chi connectivity index (χ2v) is 8.57. The fourth-order valence-corrected chi connectivity index (χ4v) is 3.14. The van der Waals surface area contributed by atoms with Crippen molar-refractivity contribution < 1.29 is 19.4 Å². The summed E-state index contributed by atoms with van der Waals surface area (Å²) >= 11 is 0. The van der Waals surface area contributed by atoms with E-state index in [1.807, 2.05) is 12.1 Å². The van der Waals surface area contributed by atoms with E-state index in [4.69, 9.17) is 0 Å². The zero-order valence-corrected chi connectivity index (χ0v) is 18.7. The normalized spacial score (nSPS) is 10.9. The van der Waals surface area contributed by atoms with Crippen molar-refractivity contribution in [3.8, 4) is 0 Å². The monoisotopic (exact) mass is 462 g/mol. The van der Waals surface area contributed by atoms with Crippen LogP contribution in [0.3, 0.4) is 0 Å². The van der Waals surface area contributed by atoms with Gasteiger partial charge >= 0.3 is 0 Å². The van der Waals surface area contributed by atoms with Gasteiger partial charge in [-0.05, 0) is 41.3 Å². The van der Waals surface area contributed by atoms with Crippen molar-refractivity contribution in [2.75, 3.05) is 10.6 Å². The zero-order valence-electron chi connectivity index (χ0n) is 18.7. The number of hydrogen-bond acceptors (Lipinski definition) is 6. The van der Waals surface area contributed by atoms with Gasteiger partial charge in [-0.15, -0.1) is 0 Å². The van der Waals surface area contributed by atoms with Gasteiger partial charge < -0.3 is 10.6 Å². The number of nitrogens with zero attached hydrogens (tertiary/aromatic N) is 2. The molecule has 0 aliphatic rings. The number of benzene rings is 3. The van der Waals surface area contributed by atoms with Crippen LogP contribution in [-0.2, 0) is 5.41 Å². The summed E-state index contributed by atoms with van der Waals surface area (Å²) < 4.78 is 0. The van der Waals surface area contributed by atoms with E-state index < -0.39 is 27.1 Å². The molecule has 0 aliphatic heterocycles. The fraction of sp³-hybridized carbons (Fsp3) is 0.167. The lowest BCUT2D eigenvalue weighted by Gasteiger charge is -2.19. The summed E-state index contributed by atoms with van der Waals surface area (Å²) in [6, 6.07) is 16.2. The average Bonchev–Trinajstić information content (AvgIpc) is 2.78. The second kappa shape index (κ2) is 9.49. The van der Waals surface area contributed by atoms with E-state index in [1.165, 1.54) is 6.07 Å². The highest BCUT2D eigenvalue weighted by molar-refractivity contribution is 6.07. The first-order chi connectivity index (χ1) is 15.9. The van der Waals surface area contributed by atoms with E-state index in [0.717, 1.165) is 23.8 Å². The summed E-state index contributed by atoms with van der Waals surface area (Å²) in [5, 5.41) is 27.4. The Hall–Kier alpha value is -4.60. The van der Waals surface area contributed by atoms with Crippen LogP contribution in [0.5, 0.6) is 0 Å². The Morgan fingerprint density at radius 2 is 1.18 bits per heavy atom. The van der Waals surface area contributed by atoms with Gasteiger partial charge in [-0.3, -0.25) is 29.8 Å². The van der Waals surface area contributed by atoms with Gasteiger partial charge in [0.15, 0.2) is 0 Å². The van der Waals surface area contributed by atoms with Gasteiger partial charge in [0.2, 0.25) is 0 Å². The third kappa shape index (κ3) is 5.80. The largest absolute Gasteiger partial charge is 0.322 e. The van der Waals surface area contributed by atoms with Crippen LogP contribution in [0.4, 0.5) is 22.7 Å². The lowest BCUT2D eigenvalue weighted by molar-refractivity contribution is -0.394. The average molecular weight is 462 g/mol. The van der Waals surface area contributed by atoms with Crippen LogP contribution in [0.2, 0.25) is 0 Å². The van der Waals surface area contributed by atoms with E-state index >= 15 is 0 Å². The minimum Gasteiger partial charge on any atom is -0.322 e. The van der Waals surface area contributed by atoms with E-state index in [2.05, 4.69) is 31.4 Å². The van der Waals surface area contributed by atoms with Crippen LogP contribution < -0.4 is 10.6 Å². The molecule has 0 saturated heterocycles. The number of anilines is 2. The van der Waals surface area contributed by atoms with Crippen LogP contribution in [0, 0.1) is 20.2 Å². The van der Waals surface area contributed by atoms with Crippen molar-refractivity contribution >= 4 is 34.6 Å². The molecule has 0 heterocycles. The molecular weight excluding hydrogens is 440 g/mol. The van der Waals surface area contributed by atoms with Gasteiger partial charge in [-0.1, -0.05) is 39.0 Å². The van der Waals surface area contributed by atoms with Crippen LogP contribution in [0.25, 0.3) is 0 Å². The van der Waals surface area contributed by atoms with E-state index in [1.54, 1.807) is 30.3 Å². The number of nitro benzene ring substituents is 2. The Labute approximate surface area is 194 Å². The zero-order chi connectivity index (χ0) is 25.0. The Balaban J connectivity index is 1.76. The number of nitrogens with one attached hydrogen (secondary N) is 2. The third-order valence-corrected chi connectivity index (χ3v) is 4.98. The van der Waals surface area contributed by atoms with Gasteiger partial charge in [0.1, 0.15) is 0 Å². The molecule has 10 nitrogen and oxygen atoms in total. The molecule has 0 fully saturated rings. The molecule has 3 rings (SSSR count). The van der Waals surface area contributed by atoms with E-state index in [9.17, 15) is 29.8 Å². The number of carbonyl (C=O) groups is 2. The van der Waals surface area contributed by atoms with Gasteiger partial charge in [-0.25, -0.2) is 0 Å². The molecule has 0 aromatic heterocycles. The van der Waals surface area contributed by atoms with Crippen molar-refractivity contribution in [3.63, 3.8) is 0 Å². The van der Waals surface area contributed by atoms with E-state index in [-0.39, 0.29) is 16.9 Å². The molecule has 34 heavy (non-hydrogen) atoms. The molecule has 0 radical (unpaired) electrons. The standard InChI is InChI=1S/C24H22N4O6/c1-24(2,3)17-9-7-15(8-10-17)22(29)25-18-5-4-6-19(13-18)26-23(30)16-11-20(27(31)32)14-21(12-16)28(33)34/h4-14H,1-3H3,(H,25,29)(H,26,30). The number of amides is 2. The first-order valence-corrected chi connectivity index (χ1v) is 10.2. The van der Waals surface area contributed by atoms with Crippen LogP contribution in [-0.4, -0.2) is 21.7 Å². The topological polar surface area (TPSA) is 144 Å². The molecule has 3 aromatic carbocycles. The molecule has 0 spiro atoms. The quantitative estimate of drug-likeness (QED) is 0.375. The second-order valence-electron chi connectivity index (χ2n) is 8.57. The maximum atomic E-state index is 12.6. The van der Waals surface area contributed by atoms with Gasteiger partial charge in [0.05, 0.1) is 21.5 Å². The minimum atomic E-state index is -0.812. The van der Waals surface area contributed by atoms with Gasteiger partial charge in [0, 0.05) is 29.1 Å². The lowest BCUT2D eigenvalue weighted by atomic mass is 9.87. The number of hydrogen-bond donors (Lipinski definition) is 2. The number of non-ortho nitro benzene ring substituents is 2. The molecule has 10 heteroatoms. The van der Waals surface area contributed by atoms with E-state index in [0.29, 0.717) is 16.9 Å². The summed E-state index contributed by atoms with van der Waals surface area (Å²) in [6.07, 6.45) is 0. The third-order valence-electron chi connectivity index (χ3n) is 4.98. The van der Waals surface area contributed by atoms with Crippen LogP contribution in [0.15, 0.2) is 66.7 Å². The molecule has 2 amide bonds. The molecule has 0 saturated carbocycles. The predicted molar refractivity (Wildman–Crippen MR) is 127 cm³/mol. The molecule has 0 bridgehead atoms. The number of nitro groups is 2. The molecule has 3 aromatic rings. The minimum absolute atomic E-state index is 0.0405. The highest BCUT2D eigenvalue weighted by atomic mass is 16.6. The van der Waals surface area contributed by atoms with Crippen LogP contribution >= 0.6 is 0 Å². The SMILES string of the molecule is CC(C)(C)c1ccc(C(=O)Nc2cccc(NC(=O)c3cc([N+](=O)[O-])cc([N+](=O)[O-])c3)c2)cc1. The molecule has 0 aliphatic carbocycles. The predicted octanol–water partition coefficient (Wildman–Crippen LogP) is 5.31. The van der Waals surface area contributed by atoms with Crippen molar-refractivity contribution in [2.45, 2.75) is 26.2 Å². The maximum absolute atomic E-state index is 12.6. The molecule has 0 unspecified atom stereocenters. The summed E-state index contributed by atoms with van der Waals surface area (Å²) in [5.74, 6) is -1.11. The Kier molecular flexibility index (Phi) is 6.71. The Morgan fingerprint density at radius 3 is 1.62 bits per heavy atom. The summed E-state index contributed by atoms with van der Waals surface area (Å²) in [5.41, 5.74) is 0.834. The van der Waals surface area contributed by atoms with Crippen molar-refractivity contribution in [1.82, 2.24) is 0 Å². The van der Waals surface area contributed by atoms with Crippen molar-refractivity contribution in [2.24, 2.45) is 0 Å². The van der Waals surface area contributed by atoms with Gasteiger partial charge in [0.25, 0.3) is 23.2 Å². The van der Waals surface area contributed by atoms with Crippen molar-refractivity contribution in [1.29, 1.82) is 0 Å². The van der Waals surface area contributed by atoms with Crippen molar-refractivity contribution in [3.05, 3.63) is 104 Å². The summed E-state index contributed by atoms with van der Waals surface area (Å²) in [4.78, 5) is 45.7. The summed E-state index contributed by atoms with van der Waals surface area (Å²) in [6.45, 7) is 6.23. The van der Waals surface area contributed by atoms with Crippen LogP contribution in [0.1, 0.15) is 47.1 Å². The molecule has 174 valence electrons. The highest BCUT2D eigenvalue weighted by Gasteiger charge is 2.20. The fourth-order valence-electron chi connectivity index (χ4n) is 3.14. The summed E-state index contributed by atoms with van der Waals surface area (Å²) in [7, 11) is 0. The molecular formula is C24H22N4O6. The highest BCUT2D eigenvalue weighted by Crippen LogP contribution is 2.25. The first-order valence-electron chi connectivity index (χ1n) is 10.2. The number of carbonyl (C=O) groups excluding carboxylic acids is 2. The lowest BCUT2D eigenvalue weighted by Crippen LogP contribution is -2.15. The Morgan fingerprint density at radius 1 is 0.706 bits per heavy atom. The first kappa shape index (κ1) is 24.1. The molecule has 2 N–H and O–H groups in total. The maximum Gasteiger partial charge on any atom is 0.277 e. The van der Waals surface area contributed by atoms with Gasteiger partial charge in [-0.2, -0.15) is 0 Å². The molecule has 0 atom stereocenters. The smallest absolute Gasteiger partial charge is 0.277 e. The number of rotatable bonds is 6.